The van der Waals surface area contributed by atoms with Crippen LogP contribution < -0.4 is 4.74 Å². The second kappa shape index (κ2) is 8.45. The van der Waals surface area contributed by atoms with E-state index in [1.807, 2.05) is 0 Å². The molecule has 0 bridgehead atoms. The van der Waals surface area contributed by atoms with E-state index in [2.05, 4.69) is 4.98 Å². The van der Waals surface area contributed by atoms with Crippen LogP contribution in [0.4, 0.5) is 13.2 Å². The van der Waals surface area contributed by atoms with Gasteiger partial charge in [-0.1, -0.05) is 18.2 Å². The highest BCUT2D eigenvalue weighted by Crippen LogP contribution is 2.31. The molecule has 1 fully saturated rings. The van der Waals surface area contributed by atoms with E-state index >= 15 is 0 Å². The van der Waals surface area contributed by atoms with Crippen LogP contribution in [-0.2, 0) is 19.3 Å². The van der Waals surface area contributed by atoms with Gasteiger partial charge in [0.1, 0.15) is 11.6 Å². The first-order valence-electron chi connectivity index (χ1n) is 9.96. The second-order valence-corrected chi connectivity index (χ2v) is 7.57. The van der Waals surface area contributed by atoms with Crippen molar-refractivity contribution in [2.45, 2.75) is 38.1 Å². The van der Waals surface area contributed by atoms with E-state index in [1.165, 1.54) is 6.07 Å². The Balaban J connectivity index is 1.54. The Morgan fingerprint density at radius 1 is 1.19 bits per heavy atom. The lowest BCUT2D eigenvalue weighted by atomic mass is 10.1. The predicted octanol–water partition coefficient (Wildman–Crippen LogP) is 4.76. The van der Waals surface area contributed by atoms with Gasteiger partial charge in [-0.05, 0) is 48.7 Å². The third kappa shape index (κ3) is 4.90. The van der Waals surface area contributed by atoms with E-state index in [1.54, 1.807) is 59.3 Å². The van der Waals surface area contributed by atoms with Gasteiger partial charge in [0.15, 0.2) is 0 Å². The summed E-state index contributed by atoms with van der Waals surface area (Å²) >= 11 is 0. The molecule has 162 valence electrons. The van der Waals surface area contributed by atoms with E-state index in [0.29, 0.717) is 22.7 Å². The molecule has 1 amide bonds. The van der Waals surface area contributed by atoms with Crippen molar-refractivity contribution in [2.75, 3.05) is 7.11 Å². The van der Waals surface area contributed by atoms with Crippen LogP contribution >= 0.6 is 0 Å². The van der Waals surface area contributed by atoms with Crippen molar-refractivity contribution in [3.63, 3.8) is 0 Å². The lowest BCUT2D eigenvalue weighted by Gasteiger charge is -2.23. The summed E-state index contributed by atoms with van der Waals surface area (Å²) in [5.74, 6) is 1.11. The number of imidazole rings is 1. The molecule has 3 aromatic rings. The zero-order valence-corrected chi connectivity index (χ0v) is 17.0. The maximum absolute atomic E-state index is 13.2. The Morgan fingerprint density at radius 2 is 1.97 bits per heavy atom. The predicted molar refractivity (Wildman–Crippen MR) is 109 cm³/mol. The lowest BCUT2D eigenvalue weighted by Crippen LogP contribution is -2.33. The molecule has 0 saturated heterocycles. The highest BCUT2D eigenvalue weighted by molar-refractivity contribution is 5.95. The van der Waals surface area contributed by atoms with Gasteiger partial charge in [-0.2, -0.15) is 13.2 Å². The molecule has 1 heterocycles. The van der Waals surface area contributed by atoms with Crippen molar-refractivity contribution in [2.24, 2.45) is 0 Å². The first-order chi connectivity index (χ1) is 14.8. The van der Waals surface area contributed by atoms with Crippen LogP contribution in [0.5, 0.6) is 5.75 Å². The minimum absolute atomic E-state index is 0.116. The summed E-state index contributed by atoms with van der Waals surface area (Å²) in [6.45, 7) is 0.526. The van der Waals surface area contributed by atoms with E-state index in [9.17, 15) is 18.0 Å². The van der Waals surface area contributed by atoms with E-state index in [-0.39, 0.29) is 25.0 Å². The molecule has 0 aliphatic heterocycles. The topological polar surface area (TPSA) is 47.4 Å². The number of benzene rings is 2. The molecule has 0 unspecified atom stereocenters. The van der Waals surface area contributed by atoms with Crippen molar-refractivity contribution >= 4 is 5.91 Å². The molecule has 0 N–H and O–H groups in total. The molecule has 0 atom stereocenters. The lowest BCUT2D eigenvalue weighted by molar-refractivity contribution is -0.137. The van der Waals surface area contributed by atoms with Crippen molar-refractivity contribution in [3.05, 3.63) is 83.4 Å². The normalized spacial score (nSPS) is 13.8. The number of amides is 1. The number of carbonyl (C=O) groups excluding carboxylic acids is 1. The molecule has 31 heavy (non-hydrogen) atoms. The number of alkyl halides is 3. The third-order valence-electron chi connectivity index (χ3n) is 5.29. The van der Waals surface area contributed by atoms with Gasteiger partial charge in [0.25, 0.3) is 5.91 Å². The fraction of sp³-hybridized carbons (Fsp3) is 0.304. The molecule has 2 aromatic carbocycles. The Labute approximate surface area is 178 Å². The highest BCUT2D eigenvalue weighted by Gasteiger charge is 2.34. The minimum Gasteiger partial charge on any atom is -0.497 e. The van der Waals surface area contributed by atoms with Gasteiger partial charge < -0.3 is 14.2 Å². The summed E-state index contributed by atoms with van der Waals surface area (Å²) in [5, 5.41) is 0. The number of carbonyl (C=O) groups is 1. The van der Waals surface area contributed by atoms with E-state index in [4.69, 9.17) is 4.74 Å². The molecule has 1 aliphatic rings. The highest BCUT2D eigenvalue weighted by atomic mass is 19.4. The van der Waals surface area contributed by atoms with Gasteiger partial charge in [-0.3, -0.25) is 4.79 Å². The summed E-state index contributed by atoms with van der Waals surface area (Å²) < 4.78 is 46.1. The number of hydrogen-bond acceptors (Lipinski definition) is 3. The molecule has 0 radical (unpaired) electrons. The van der Waals surface area contributed by atoms with E-state index < -0.39 is 11.7 Å². The second-order valence-electron chi connectivity index (χ2n) is 7.57. The molecule has 1 saturated carbocycles. The van der Waals surface area contributed by atoms with Crippen LogP contribution in [-0.4, -0.2) is 33.5 Å². The number of halogens is 3. The SMILES string of the molecule is COc1cccc(C(=O)N(Cc2nccn2Cc2cccc(C(F)(F)F)c2)C2CC2)c1. The van der Waals surface area contributed by atoms with Crippen molar-refractivity contribution in [1.82, 2.24) is 14.5 Å². The average molecular weight is 429 g/mol. The first-order valence-corrected chi connectivity index (χ1v) is 9.96. The third-order valence-corrected chi connectivity index (χ3v) is 5.29. The maximum atomic E-state index is 13.2. The number of nitrogens with zero attached hydrogens (tertiary/aromatic N) is 3. The minimum atomic E-state index is -4.39. The molecule has 1 aromatic heterocycles. The van der Waals surface area contributed by atoms with Gasteiger partial charge in [-0.25, -0.2) is 4.98 Å². The Hall–Kier alpha value is -3.29. The Morgan fingerprint density at radius 3 is 2.68 bits per heavy atom. The first kappa shape index (κ1) is 21.0. The van der Waals surface area contributed by atoms with Gasteiger partial charge in [-0.15, -0.1) is 0 Å². The van der Waals surface area contributed by atoms with Crippen LogP contribution in [0.25, 0.3) is 0 Å². The van der Waals surface area contributed by atoms with Crippen molar-refractivity contribution in [3.8, 4) is 5.75 Å². The fourth-order valence-corrected chi connectivity index (χ4v) is 3.51. The van der Waals surface area contributed by atoms with Gasteiger partial charge in [0.2, 0.25) is 0 Å². The quantitative estimate of drug-likeness (QED) is 0.544. The number of methoxy groups -OCH3 is 1. The molecule has 8 heteroatoms. The van der Waals surface area contributed by atoms with Crippen LogP contribution in [0.2, 0.25) is 0 Å². The van der Waals surface area contributed by atoms with Crippen LogP contribution in [0, 0.1) is 0 Å². The summed E-state index contributed by atoms with van der Waals surface area (Å²) in [6.07, 6.45) is 0.772. The standard InChI is InChI=1S/C23H22F3N3O2/c1-31-20-7-3-5-17(13-20)22(30)29(19-8-9-19)15-21-27-10-11-28(21)14-16-4-2-6-18(12-16)23(24,25)26/h2-7,10-13,19H,8-9,14-15H2,1H3. The molecular weight excluding hydrogens is 407 g/mol. The molecule has 5 nitrogen and oxygen atoms in total. The number of rotatable bonds is 7. The Bertz CT molecular complexity index is 1070. The van der Waals surface area contributed by atoms with Crippen LogP contribution in [0.15, 0.2) is 60.9 Å². The van der Waals surface area contributed by atoms with Gasteiger partial charge in [0.05, 0.1) is 19.2 Å². The number of hydrogen-bond donors (Lipinski definition) is 0. The number of aromatic nitrogens is 2. The Kier molecular flexibility index (Phi) is 5.71. The van der Waals surface area contributed by atoms with E-state index in [0.717, 1.165) is 25.0 Å². The molecule has 0 spiro atoms. The molecule has 4 rings (SSSR count). The maximum Gasteiger partial charge on any atom is 0.416 e. The zero-order chi connectivity index (χ0) is 22.0. The smallest absolute Gasteiger partial charge is 0.416 e. The number of ether oxygens (including phenoxy) is 1. The molecule has 1 aliphatic carbocycles. The fourth-order valence-electron chi connectivity index (χ4n) is 3.51. The van der Waals surface area contributed by atoms with Gasteiger partial charge in [0, 0.05) is 30.5 Å². The van der Waals surface area contributed by atoms with Crippen LogP contribution in [0.1, 0.15) is 40.2 Å². The molecular formula is C23H22F3N3O2. The summed E-state index contributed by atoms with van der Waals surface area (Å²) in [6, 6.07) is 12.4. The monoisotopic (exact) mass is 429 g/mol. The van der Waals surface area contributed by atoms with Crippen molar-refractivity contribution < 1.29 is 22.7 Å². The largest absolute Gasteiger partial charge is 0.497 e. The van der Waals surface area contributed by atoms with Gasteiger partial charge >= 0.3 is 6.18 Å². The summed E-state index contributed by atoms with van der Waals surface area (Å²) in [4.78, 5) is 19.3. The van der Waals surface area contributed by atoms with Crippen LogP contribution in [0.3, 0.4) is 0 Å². The average Bonchev–Trinajstić information content (AvgIpc) is 3.51. The van der Waals surface area contributed by atoms with Crippen molar-refractivity contribution in [1.29, 1.82) is 0 Å². The zero-order valence-electron chi connectivity index (χ0n) is 17.0. The summed E-state index contributed by atoms with van der Waals surface area (Å²) in [5.41, 5.74) is 0.368. The summed E-state index contributed by atoms with van der Waals surface area (Å²) in [7, 11) is 1.55.